The van der Waals surface area contributed by atoms with E-state index in [0.29, 0.717) is 0 Å². The first-order chi connectivity index (χ1) is 13.8. The predicted octanol–water partition coefficient (Wildman–Crippen LogP) is 4.93. The topological polar surface area (TPSA) is 55.8 Å². The smallest absolute Gasteiger partial charge is 0.341 e. The van der Waals surface area contributed by atoms with Gasteiger partial charge in [-0.3, -0.25) is 0 Å². The van der Waals surface area contributed by atoms with Gasteiger partial charge in [-0.25, -0.2) is 14.3 Å². The Morgan fingerprint density at radius 2 is 1.50 bits per heavy atom. The maximum absolute atomic E-state index is 13.2. The standard InChI is InChI=1S/C23H30NO4PS/c1-21(2,3)16-14-23(15-12-10-9-11-13-15)17(19(25)27-7)18(20(26)28-8)29(16,30)24(23)22(4,5)6/h9-14H,1-8H3. The molecule has 0 fully saturated rings. The maximum Gasteiger partial charge on any atom is 0.341 e. The van der Waals surface area contributed by atoms with Crippen LogP contribution in [0, 0.1) is 5.41 Å². The van der Waals surface area contributed by atoms with E-state index in [4.69, 9.17) is 21.3 Å². The number of methoxy groups -OCH3 is 2. The third kappa shape index (κ3) is 2.96. The molecular weight excluding hydrogens is 417 g/mol. The Morgan fingerprint density at radius 3 is 1.93 bits per heavy atom. The van der Waals surface area contributed by atoms with Crippen LogP contribution in [0.2, 0.25) is 0 Å². The van der Waals surface area contributed by atoms with E-state index < -0.39 is 29.2 Å². The van der Waals surface area contributed by atoms with Gasteiger partial charge in [-0.15, -0.1) is 0 Å². The van der Waals surface area contributed by atoms with E-state index in [2.05, 4.69) is 52.3 Å². The molecule has 0 saturated carbocycles. The van der Waals surface area contributed by atoms with Crippen LogP contribution in [-0.4, -0.2) is 36.4 Å². The van der Waals surface area contributed by atoms with Crippen molar-refractivity contribution in [1.82, 2.24) is 4.67 Å². The molecule has 0 radical (unpaired) electrons. The zero-order chi connectivity index (χ0) is 22.7. The zero-order valence-electron chi connectivity index (χ0n) is 18.9. The average molecular weight is 448 g/mol. The first-order valence-electron chi connectivity index (χ1n) is 9.90. The van der Waals surface area contributed by atoms with E-state index in [0.717, 1.165) is 10.9 Å². The number of hydrogen-bond acceptors (Lipinski definition) is 5. The van der Waals surface area contributed by atoms with Gasteiger partial charge >= 0.3 is 11.9 Å². The molecule has 2 unspecified atom stereocenters. The zero-order valence-corrected chi connectivity index (χ0v) is 20.6. The molecule has 0 aromatic heterocycles. The number of fused-ring (bicyclic) bond motifs is 2. The van der Waals surface area contributed by atoms with Crippen LogP contribution < -0.4 is 0 Å². The van der Waals surface area contributed by atoms with E-state index in [1.807, 2.05) is 30.3 Å². The molecule has 1 aromatic carbocycles. The second kappa shape index (κ2) is 7.15. The van der Waals surface area contributed by atoms with Crippen LogP contribution in [0.5, 0.6) is 0 Å². The molecule has 0 spiro atoms. The van der Waals surface area contributed by atoms with E-state index >= 15 is 0 Å². The van der Waals surface area contributed by atoms with Crippen molar-refractivity contribution in [3.63, 3.8) is 0 Å². The van der Waals surface area contributed by atoms with Gasteiger partial charge in [0.2, 0.25) is 0 Å². The summed E-state index contributed by atoms with van der Waals surface area (Å²) < 4.78 is 12.6. The molecule has 2 heterocycles. The van der Waals surface area contributed by atoms with Gasteiger partial charge in [-0.1, -0.05) is 62.9 Å². The molecule has 2 aliphatic rings. The van der Waals surface area contributed by atoms with Crippen LogP contribution >= 0.6 is 6.19 Å². The van der Waals surface area contributed by atoms with Crippen LogP contribution in [0.15, 0.2) is 52.6 Å². The normalized spacial score (nSPS) is 26.6. The molecule has 3 rings (SSSR count). The third-order valence-corrected chi connectivity index (χ3v) is 11.2. The molecule has 2 bridgehead atoms. The molecule has 5 nitrogen and oxygen atoms in total. The molecule has 0 amide bonds. The second-order valence-corrected chi connectivity index (χ2v) is 13.7. The number of esters is 2. The van der Waals surface area contributed by atoms with Crippen molar-refractivity contribution in [3.05, 3.63) is 58.2 Å². The minimum Gasteiger partial charge on any atom is -0.466 e. The summed E-state index contributed by atoms with van der Waals surface area (Å²) in [6.45, 7) is 12.5. The van der Waals surface area contributed by atoms with Crippen LogP contribution in [0.4, 0.5) is 0 Å². The van der Waals surface area contributed by atoms with Crippen molar-refractivity contribution in [2.24, 2.45) is 5.41 Å². The maximum atomic E-state index is 13.2. The van der Waals surface area contributed by atoms with Crippen molar-refractivity contribution >= 4 is 29.9 Å². The number of allylic oxidation sites excluding steroid dienone is 1. The van der Waals surface area contributed by atoms with Crippen LogP contribution in [0.1, 0.15) is 47.1 Å². The average Bonchev–Trinajstić information content (AvgIpc) is 3.09. The molecular formula is C23H30NO4PS. The monoisotopic (exact) mass is 447 g/mol. The minimum atomic E-state index is -2.85. The van der Waals surface area contributed by atoms with E-state index in [1.165, 1.54) is 14.2 Å². The van der Waals surface area contributed by atoms with Crippen LogP contribution in [0.25, 0.3) is 0 Å². The molecule has 0 aliphatic carbocycles. The van der Waals surface area contributed by atoms with Crippen molar-refractivity contribution in [3.8, 4) is 0 Å². The Morgan fingerprint density at radius 1 is 0.967 bits per heavy atom. The highest BCUT2D eigenvalue weighted by Gasteiger charge is 2.68. The summed E-state index contributed by atoms with van der Waals surface area (Å²) >= 11 is 6.43. The van der Waals surface area contributed by atoms with Gasteiger partial charge in [0.05, 0.1) is 26.0 Å². The van der Waals surface area contributed by atoms with Gasteiger partial charge in [-0.2, -0.15) is 0 Å². The van der Waals surface area contributed by atoms with Gasteiger partial charge in [0, 0.05) is 5.54 Å². The molecule has 0 N–H and O–H groups in total. The number of ether oxygens (including phenoxy) is 2. The van der Waals surface area contributed by atoms with E-state index in [-0.39, 0.29) is 16.3 Å². The highest BCUT2D eigenvalue weighted by Crippen LogP contribution is 2.83. The van der Waals surface area contributed by atoms with E-state index in [9.17, 15) is 9.59 Å². The summed E-state index contributed by atoms with van der Waals surface area (Å²) in [6.07, 6.45) is -0.727. The predicted molar refractivity (Wildman–Crippen MR) is 123 cm³/mol. The van der Waals surface area contributed by atoms with Gasteiger partial charge < -0.3 is 9.47 Å². The number of nitrogens with zero attached hydrogens (tertiary/aromatic N) is 1. The van der Waals surface area contributed by atoms with Gasteiger partial charge in [0.25, 0.3) is 0 Å². The molecule has 162 valence electrons. The van der Waals surface area contributed by atoms with Crippen molar-refractivity contribution in [1.29, 1.82) is 0 Å². The lowest BCUT2D eigenvalue weighted by Crippen LogP contribution is -2.49. The summed E-state index contributed by atoms with van der Waals surface area (Å²) in [5.74, 6) is -1.11. The summed E-state index contributed by atoms with van der Waals surface area (Å²) in [5.41, 5.74) is -0.559. The Hall–Kier alpha value is -1.75. The Balaban J connectivity index is 2.58. The second-order valence-electron chi connectivity index (χ2n) is 9.68. The molecule has 2 aliphatic heterocycles. The van der Waals surface area contributed by atoms with Crippen molar-refractivity contribution < 1.29 is 19.1 Å². The number of rotatable bonds is 3. The number of hydrogen-bond donors (Lipinski definition) is 0. The number of benzene rings is 1. The fraction of sp³-hybridized carbons (Fsp3) is 0.478. The summed E-state index contributed by atoms with van der Waals surface area (Å²) in [4.78, 5) is 26.4. The Labute approximate surface area is 184 Å². The summed E-state index contributed by atoms with van der Waals surface area (Å²) in [5, 5.41) is 1.30. The quantitative estimate of drug-likeness (QED) is 0.484. The largest absolute Gasteiger partial charge is 0.466 e. The minimum absolute atomic E-state index is 0.286. The van der Waals surface area contributed by atoms with Gasteiger partial charge in [0.15, 0.2) is 0 Å². The van der Waals surface area contributed by atoms with Crippen molar-refractivity contribution in [2.45, 2.75) is 52.6 Å². The molecule has 0 saturated heterocycles. The fourth-order valence-corrected chi connectivity index (χ4v) is 11.7. The van der Waals surface area contributed by atoms with Crippen LogP contribution in [-0.2, 0) is 36.4 Å². The highest BCUT2D eigenvalue weighted by molar-refractivity contribution is 8.18. The summed E-state index contributed by atoms with van der Waals surface area (Å²) in [6, 6.07) is 9.75. The van der Waals surface area contributed by atoms with Crippen LogP contribution in [0.3, 0.4) is 0 Å². The van der Waals surface area contributed by atoms with E-state index in [1.54, 1.807) is 0 Å². The van der Waals surface area contributed by atoms with Gasteiger partial charge in [0.1, 0.15) is 10.9 Å². The lowest BCUT2D eigenvalue weighted by molar-refractivity contribution is -0.139. The Kier molecular flexibility index (Phi) is 5.46. The number of carbonyl (C=O) groups is 2. The van der Waals surface area contributed by atoms with Gasteiger partial charge in [-0.05, 0) is 43.1 Å². The first kappa shape index (κ1) is 22.9. The number of carbonyl (C=O) groups excluding carboxylic acids is 2. The summed E-state index contributed by atoms with van der Waals surface area (Å²) in [7, 11) is 2.66. The lowest BCUT2D eigenvalue weighted by Gasteiger charge is -2.46. The molecule has 7 heteroatoms. The third-order valence-electron chi connectivity index (χ3n) is 5.59. The molecule has 1 aromatic rings. The molecule has 2 atom stereocenters. The molecule has 30 heavy (non-hydrogen) atoms. The fourth-order valence-electron chi connectivity index (χ4n) is 4.75. The van der Waals surface area contributed by atoms with Crippen molar-refractivity contribution in [2.75, 3.05) is 14.2 Å². The first-order valence-corrected chi connectivity index (χ1v) is 12.7. The lowest BCUT2D eigenvalue weighted by atomic mass is 9.77. The Bertz CT molecular complexity index is 1010. The highest BCUT2D eigenvalue weighted by atomic mass is 32.4. The SMILES string of the molecule is COC(=O)C1=C(C(=O)OC)P2(=S)C(C(C)(C)C)=CC1(c1ccccc1)N2C(C)(C)C.